The number of ether oxygens (including phenoxy) is 2. The Labute approximate surface area is 123 Å². The Bertz CT molecular complexity index is 627. The molecule has 0 radical (unpaired) electrons. The van der Waals surface area contributed by atoms with E-state index < -0.39 is 6.10 Å². The number of benzene rings is 2. The number of rotatable bonds is 3. The van der Waals surface area contributed by atoms with E-state index in [2.05, 4.69) is 5.32 Å². The molecule has 2 aromatic rings. The summed E-state index contributed by atoms with van der Waals surface area (Å²) in [4.78, 5) is 12.3. The highest BCUT2D eigenvalue weighted by atomic mass is 16.6. The summed E-state index contributed by atoms with van der Waals surface area (Å²) >= 11 is 0. The molecule has 1 aliphatic heterocycles. The van der Waals surface area contributed by atoms with Gasteiger partial charge in [0.05, 0.1) is 6.04 Å². The van der Waals surface area contributed by atoms with Gasteiger partial charge in [0.1, 0.15) is 6.61 Å². The lowest BCUT2D eigenvalue weighted by atomic mass is 10.1. The molecule has 1 N–H and O–H groups in total. The van der Waals surface area contributed by atoms with Crippen molar-refractivity contribution in [2.45, 2.75) is 19.1 Å². The predicted molar refractivity (Wildman–Crippen MR) is 79.4 cm³/mol. The van der Waals surface area contributed by atoms with Gasteiger partial charge in [-0.3, -0.25) is 4.79 Å². The van der Waals surface area contributed by atoms with Crippen LogP contribution in [0.5, 0.6) is 11.5 Å². The normalized spacial score (nSPS) is 17.9. The van der Waals surface area contributed by atoms with Gasteiger partial charge in [0.2, 0.25) is 6.10 Å². The van der Waals surface area contributed by atoms with Gasteiger partial charge in [0, 0.05) is 0 Å². The summed E-state index contributed by atoms with van der Waals surface area (Å²) in [6.45, 7) is 2.18. The Morgan fingerprint density at radius 1 is 1.10 bits per heavy atom. The molecule has 2 aromatic carbocycles. The van der Waals surface area contributed by atoms with Crippen LogP contribution in [0.2, 0.25) is 0 Å². The van der Waals surface area contributed by atoms with Gasteiger partial charge < -0.3 is 14.8 Å². The Balaban J connectivity index is 1.65. The van der Waals surface area contributed by atoms with Crippen LogP contribution in [0.25, 0.3) is 0 Å². The van der Waals surface area contributed by atoms with Crippen LogP contribution in [-0.2, 0) is 4.79 Å². The summed E-state index contributed by atoms with van der Waals surface area (Å²) in [7, 11) is 0. The number of carbonyl (C=O) groups is 1. The molecule has 2 atom stereocenters. The molecule has 21 heavy (non-hydrogen) atoms. The van der Waals surface area contributed by atoms with Crippen molar-refractivity contribution < 1.29 is 14.3 Å². The van der Waals surface area contributed by atoms with E-state index in [0.29, 0.717) is 11.5 Å². The van der Waals surface area contributed by atoms with Crippen molar-refractivity contribution in [3.63, 3.8) is 0 Å². The first-order valence-corrected chi connectivity index (χ1v) is 6.98. The lowest BCUT2D eigenvalue weighted by Gasteiger charge is -2.26. The number of para-hydroxylation sites is 2. The molecule has 1 amide bonds. The van der Waals surface area contributed by atoms with Gasteiger partial charge in [-0.1, -0.05) is 42.5 Å². The Morgan fingerprint density at radius 2 is 1.76 bits per heavy atom. The minimum atomic E-state index is -0.619. The van der Waals surface area contributed by atoms with E-state index in [4.69, 9.17) is 9.47 Å². The lowest BCUT2D eigenvalue weighted by molar-refractivity contribution is -0.131. The smallest absolute Gasteiger partial charge is 0.265 e. The van der Waals surface area contributed by atoms with Crippen LogP contribution in [0.4, 0.5) is 0 Å². The number of fused-ring (bicyclic) bond motifs is 1. The van der Waals surface area contributed by atoms with Crippen molar-refractivity contribution in [1.29, 1.82) is 0 Å². The number of hydrogen-bond acceptors (Lipinski definition) is 3. The van der Waals surface area contributed by atoms with E-state index >= 15 is 0 Å². The quantitative estimate of drug-likeness (QED) is 0.942. The van der Waals surface area contributed by atoms with Crippen LogP contribution < -0.4 is 14.8 Å². The van der Waals surface area contributed by atoms with E-state index in [1.165, 1.54) is 0 Å². The highest BCUT2D eigenvalue weighted by Crippen LogP contribution is 2.31. The molecule has 1 aliphatic rings. The van der Waals surface area contributed by atoms with Crippen LogP contribution in [0.3, 0.4) is 0 Å². The fraction of sp³-hybridized carbons (Fsp3) is 0.235. The molecule has 0 aliphatic carbocycles. The molecular weight excluding hydrogens is 266 g/mol. The predicted octanol–water partition coefficient (Wildman–Crippen LogP) is 2.70. The van der Waals surface area contributed by atoms with Crippen molar-refractivity contribution in [3.05, 3.63) is 60.2 Å². The second-order valence-corrected chi connectivity index (χ2v) is 5.01. The molecule has 4 heteroatoms. The standard InChI is InChI=1S/C17H17NO3/c1-12(13-7-3-2-4-8-13)18-17(19)16-11-20-14-9-5-6-10-15(14)21-16/h2-10,12,16H,11H2,1H3,(H,18,19)/t12-,16+/m1/s1. The van der Waals surface area contributed by atoms with E-state index in [0.717, 1.165) is 5.56 Å². The van der Waals surface area contributed by atoms with Crippen molar-refractivity contribution in [2.75, 3.05) is 6.61 Å². The number of carbonyl (C=O) groups excluding carboxylic acids is 1. The zero-order valence-corrected chi connectivity index (χ0v) is 11.8. The first-order chi connectivity index (χ1) is 10.2. The minimum Gasteiger partial charge on any atom is -0.485 e. The third-order valence-corrected chi connectivity index (χ3v) is 3.46. The highest BCUT2D eigenvalue weighted by Gasteiger charge is 2.28. The van der Waals surface area contributed by atoms with Crippen molar-refractivity contribution >= 4 is 5.91 Å². The number of hydrogen-bond donors (Lipinski definition) is 1. The van der Waals surface area contributed by atoms with Gasteiger partial charge in [-0.05, 0) is 24.6 Å². The summed E-state index contributed by atoms with van der Waals surface area (Å²) in [5.41, 5.74) is 1.06. The van der Waals surface area contributed by atoms with Crippen LogP contribution in [0, 0.1) is 0 Å². The maximum Gasteiger partial charge on any atom is 0.265 e. The van der Waals surface area contributed by atoms with E-state index in [9.17, 15) is 4.79 Å². The summed E-state index contributed by atoms with van der Waals surface area (Å²) < 4.78 is 11.3. The summed E-state index contributed by atoms with van der Waals surface area (Å²) in [6.07, 6.45) is -0.619. The van der Waals surface area contributed by atoms with Gasteiger partial charge in [-0.15, -0.1) is 0 Å². The van der Waals surface area contributed by atoms with Crippen LogP contribution in [-0.4, -0.2) is 18.6 Å². The minimum absolute atomic E-state index is 0.0699. The molecular formula is C17H17NO3. The molecule has 108 valence electrons. The van der Waals surface area contributed by atoms with Crippen molar-refractivity contribution in [2.24, 2.45) is 0 Å². The van der Waals surface area contributed by atoms with Gasteiger partial charge in [-0.25, -0.2) is 0 Å². The molecule has 0 saturated carbocycles. The molecule has 0 bridgehead atoms. The first kappa shape index (κ1) is 13.5. The molecule has 1 heterocycles. The van der Waals surface area contributed by atoms with E-state index in [-0.39, 0.29) is 18.6 Å². The van der Waals surface area contributed by atoms with Gasteiger partial charge >= 0.3 is 0 Å². The number of nitrogens with one attached hydrogen (secondary N) is 1. The molecule has 0 fully saturated rings. The topological polar surface area (TPSA) is 47.6 Å². The van der Waals surface area contributed by atoms with Crippen molar-refractivity contribution in [3.8, 4) is 11.5 Å². The molecule has 0 aromatic heterocycles. The SMILES string of the molecule is C[C@@H](NC(=O)[C@@H]1COc2ccccc2O1)c1ccccc1. The fourth-order valence-corrected chi connectivity index (χ4v) is 2.28. The first-order valence-electron chi connectivity index (χ1n) is 6.98. The second kappa shape index (κ2) is 5.87. The van der Waals surface area contributed by atoms with Gasteiger partial charge in [-0.2, -0.15) is 0 Å². The van der Waals surface area contributed by atoms with Crippen LogP contribution in [0.15, 0.2) is 54.6 Å². The third-order valence-electron chi connectivity index (χ3n) is 3.46. The highest BCUT2D eigenvalue weighted by molar-refractivity contribution is 5.82. The fourth-order valence-electron chi connectivity index (χ4n) is 2.28. The third kappa shape index (κ3) is 2.99. The average molecular weight is 283 g/mol. The molecule has 0 saturated heterocycles. The van der Waals surface area contributed by atoms with Crippen molar-refractivity contribution in [1.82, 2.24) is 5.32 Å². The monoisotopic (exact) mass is 283 g/mol. The average Bonchev–Trinajstić information content (AvgIpc) is 2.55. The molecule has 0 unspecified atom stereocenters. The zero-order chi connectivity index (χ0) is 14.7. The zero-order valence-electron chi connectivity index (χ0n) is 11.8. The molecule has 0 spiro atoms. The van der Waals surface area contributed by atoms with Gasteiger partial charge in [0.15, 0.2) is 11.5 Å². The number of amides is 1. The second-order valence-electron chi connectivity index (χ2n) is 5.01. The maximum absolute atomic E-state index is 12.3. The summed E-state index contributed by atoms with van der Waals surface area (Å²) in [6, 6.07) is 17.1. The van der Waals surface area contributed by atoms with E-state index in [1.54, 1.807) is 6.07 Å². The summed E-state index contributed by atoms with van der Waals surface area (Å²) in [5, 5.41) is 2.95. The Kier molecular flexibility index (Phi) is 3.77. The maximum atomic E-state index is 12.3. The van der Waals surface area contributed by atoms with E-state index in [1.807, 2.05) is 55.5 Å². The van der Waals surface area contributed by atoms with Crippen LogP contribution >= 0.6 is 0 Å². The Morgan fingerprint density at radius 3 is 2.52 bits per heavy atom. The molecule has 3 rings (SSSR count). The van der Waals surface area contributed by atoms with Crippen LogP contribution in [0.1, 0.15) is 18.5 Å². The largest absolute Gasteiger partial charge is 0.485 e. The van der Waals surface area contributed by atoms with Gasteiger partial charge in [0.25, 0.3) is 5.91 Å². The summed E-state index contributed by atoms with van der Waals surface area (Å²) in [5.74, 6) is 1.12. The molecule has 4 nitrogen and oxygen atoms in total. The Hall–Kier alpha value is -2.49. The lowest BCUT2D eigenvalue weighted by Crippen LogP contribution is -2.44.